The van der Waals surface area contributed by atoms with Crippen molar-refractivity contribution in [1.82, 2.24) is 0 Å². The van der Waals surface area contributed by atoms with Crippen LogP contribution in [-0.4, -0.2) is 6.21 Å². The van der Waals surface area contributed by atoms with Crippen molar-refractivity contribution in [2.24, 2.45) is 10.4 Å². The van der Waals surface area contributed by atoms with Crippen LogP contribution in [0.25, 0.3) is 0 Å². The number of rotatable bonds is 0. The first-order chi connectivity index (χ1) is 5.99. The van der Waals surface area contributed by atoms with Gasteiger partial charge in [-0.25, -0.2) is 0 Å². The van der Waals surface area contributed by atoms with Gasteiger partial charge in [0.25, 0.3) is 0 Å². The molecule has 0 amide bonds. The second kappa shape index (κ2) is 5.00. The topological polar surface area (TPSA) is 12.4 Å². The first-order valence-electron chi connectivity index (χ1n) is 4.93. The molecule has 0 spiro atoms. The number of hydrogen-bond donors (Lipinski definition) is 0. The molecule has 0 atom stereocenters. The van der Waals surface area contributed by atoms with E-state index in [4.69, 9.17) is 0 Å². The minimum Gasteiger partial charge on any atom is -0.265 e. The summed E-state index contributed by atoms with van der Waals surface area (Å²) in [5.41, 5.74) is 2.49. The van der Waals surface area contributed by atoms with Crippen LogP contribution in [-0.2, 0) is 0 Å². The molecule has 13 heavy (non-hydrogen) atoms. The molecule has 0 aromatic rings. The van der Waals surface area contributed by atoms with Crippen molar-refractivity contribution in [2.45, 2.75) is 41.5 Å². The summed E-state index contributed by atoms with van der Waals surface area (Å²) in [4.78, 5) is 4.31. The van der Waals surface area contributed by atoms with Crippen LogP contribution in [0.4, 0.5) is 0 Å². The summed E-state index contributed by atoms with van der Waals surface area (Å²) >= 11 is 0. The van der Waals surface area contributed by atoms with Crippen LogP contribution in [0.5, 0.6) is 0 Å². The molecule has 1 heterocycles. The molecule has 0 aromatic carbocycles. The van der Waals surface area contributed by atoms with Crippen molar-refractivity contribution < 1.29 is 0 Å². The Balaban J connectivity index is 0.000000671. The van der Waals surface area contributed by atoms with E-state index in [9.17, 15) is 0 Å². The highest BCUT2D eigenvalue weighted by atomic mass is 14.7. The van der Waals surface area contributed by atoms with Gasteiger partial charge in [-0.15, -0.1) is 0 Å². The van der Waals surface area contributed by atoms with Crippen LogP contribution < -0.4 is 0 Å². The molecule has 0 fully saturated rings. The molecule has 1 aliphatic rings. The lowest BCUT2D eigenvalue weighted by molar-refractivity contribution is 0.690. The van der Waals surface area contributed by atoms with Gasteiger partial charge in [-0.05, 0) is 19.9 Å². The van der Waals surface area contributed by atoms with Crippen molar-refractivity contribution in [1.29, 1.82) is 0 Å². The fourth-order valence-electron chi connectivity index (χ4n) is 1.30. The minimum absolute atomic E-state index is 0.109. The van der Waals surface area contributed by atoms with E-state index >= 15 is 0 Å². The average Bonchev–Trinajstić information content (AvgIpc) is 2.13. The molecule has 1 rings (SSSR count). The van der Waals surface area contributed by atoms with Crippen LogP contribution in [0.15, 0.2) is 28.4 Å². The Hall–Kier alpha value is -0.850. The second-order valence-corrected chi connectivity index (χ2v) is 3.75. The fraction of sp³-hybridized carbons (Fsp3) is 0.583. The van der Waals surface area contributed by atoms with Crippen molar-refractivity contribution in [3.8, 4) is 0 Å². The summed E-state index contributed by atoms with van der Waals surface area (Å²) in [5.74, 6) is 0. The molecular formula is C12H21N. The molecule has 0 saturated carbocycles. The van der Waals surface area contributed by atoms with Gasteiger partial charge < -0.3 is 0 Å². The summed E-state index contributed by atoms with van der Waals surface area (Å²) in [5, 5.41) is 0. The first-order valence-corrected chi connectivity index (χ1v) is 4.93. The lowest BCUT2D eigenvalue weighted by atomic mass is 9.93. The summed E-state index contributed by atoms with van der Waals surface area (Å²) in [6.07, 6.45) is 6.33. The highest BCUT2D eigenvalue weighted by Crippen LogP contribution is 2.21. The predicted molar refractivity (Wildman–Crippen MR) is 61.1 cm³/mol. The van der Waals surface area contributed by atoms with Crippen molar-refractivity contribution in [2.75, 3.05) is 0 Å². The van der Waals surface area contributed by atoms with Gasteiger partial charge >= 0.3 is 0 Å². The van der Waals surface area contributed by atoms with E-state index in [1.807, 2.05) is 27.0 Å². The largest absolute Gasteiger partial charge is 0.265 e. The molecular weight excluding hydrogens is 158 g/mol. The maximum Gasteiger partial charge on any atom is 0.0371 e. The van der Waals surface area contributed by atoms with Crippen molar-refractivity contribution in [3.63, 3.8) is 0 Å². The van der Waals surface area contributed by atoms with Crippen LogP contribution in [0.1, 0.15) is 41.5 Å². The van der Waals surface area contributed by atoms with E-state index in [0.29, 0.717) is 0 Å². The maximum atomic E-state index is 4.31. The summed E-state index contributed by atoms with van der Waals surface area (Å²) in [6, 6.07) is 0. The van der Waals surface area contributed by atoms with E-state index in [1.165, 1.54) is 5.57 Å². The quantitative estimate of drug-likeness (QED) is 0.533. The van der Waals surface area contributed by atoms with Gasteiger partial charge in [0.05, 0.1) is 0 Å². The lowest BCUT2D eigenvalue weighted by Gasteiger charge is -2.12. The Kier molecular flexibility index (Phi) is 4.68. The fourth-order valence-corrected chi connectivity index (χ4v) is 1.30. The van der Waals surface area contributed by atoms with E-state index in [1.54, 1.807) is 0 Å². The zero-order valence-electron chi connectivity index (χ0n) is 9.68. The van der Waals surface area contributed by atoms with Gasteiger partial charge in [0.1, 0.15) is 0 Å². The Labute approximate surface area is 82.3 Å². The van der Waals surface area contributed by atoms with E-state index < -0.39 is 0 Å². The molecule has 0 saturated heterocycles. The first kappa shape index (κ1) is 12.2. The zero-order valence-corrected chi connectivity index (χ0v) is 9.68. The molecule has 0 radical (unpaired) electrons. The molecule has 0 unspecified atom stereocenters. The summed E-state index contributed by atoms with van der Waals surface area (Å²) in [6.45, 7) is 12.5. The monoisotopic (exact) mass is 179 g/mol. The third kappa shape index (κ3) is 4.66. The van der Waals surface area contributed by atoms with Gasteiger partial charge in [0, 0.05) is 17.3 Å². The van der Waals surface area contributed by atoms with Crippen molar-refractivity contribution >= 4 is 6.21 Å². The number of nitrogens with zero attached hydrogens (tertiary/aromatic N) is 1. The molecule has 1 heteroatoms. The summed E-state index contributed by atoms with van der Waals surface area (Å²) in [7, 11) is 0. The van der Waals surface area contributed by atoms with Crippen LogP contribution in [0, 0.1) is 5.41 Å². The lowest BCUT2D eigenvalue weighted by Crippen LogP contribution is -2.08. The van der Waals surface area contributed by atoms with Gasteiger partial charge in [-0.3, -0.25) is 4.99 Å². The average molecular weight is 179 g/mol. The number of hydrogen-bond acceptors (Lipinski definition) is 1. The number of allylic oxidation sites excluding steroid dienone is 4. The maximum absolute atomic E-state index is 4.31. The predicted octanol–water partition coefficient (Wildman–Crippen LogP) is 3.97. The Morgan fingerprint density at radius 3 is 2.23 bits per heavy atom. The van der Waals surface area contributed by atoms with Gasteiger partial charge in [0.15, 0.2) is 0 Å². The number of aliphatic imine (C=N–C) groups is 1. The normalized spacial score (nSPS) is 19.2. The smallest absolute Gasteiger partial charge is 0.0371 e. The third-order valence-corrected chi connectivity index (χ3v) is 1.64. The SMILES string of the molecule is CC.CC1=CC(C)(C)C=NC(C)=C1. The Morgan fingerprint density at radius 1 is 1.15 bits per heavy atom. The molecule has 74 valence electrons. The molecule has 0 N–H and O–H groups in total. The van der Waals surface area contributed by atoms with E-state index in [2.05, 4.69) is 37.9 Å². The second-order valence-electron chi connectivity index (χ2n) is 3.75. The van der Waals surface area contributed by atoms with Crippen LogP contribution in [0.2, 0.25) is 0 Å². The molecule has 0 bridgehead atoms. The van der Waals surface area contributed by atoms with E-state index in [-0.39, 0.29) is 5.41 Å². The zero-order chi connectivity index (χ0) is 10.5. The minimum atomic E-state index is 0.109. The standard InChI is InChI=1S/C10H15N.C2H6/c1-8-5-9(2)11-7-10(3,4)6-8;1-2/h5-7H,1-4H3;1-2H3. The van der Waals surface area contributed by atoms with Crippen molar-refractivity contribution in [3.05, 3.63) is 23.4 Å². The molecule has 0 aromatic heterocycles. The highest BCUT2D eigenvalue weighted by Gasteiger charge is 2.12. The van der Waals surface area contributed by atoms with Crippen LogP contribution >= 0.6 is 0 Å². The molecule has 1 nitrogen and oxygen atoms in total. The third-order valence-electron chi connectivity index (χ3n) is 1.64. The highest BCUT2D eigenvalue weighted by molar-refractivity contribution is 5.70. The Morgan fingerprint density at radius 2 is 1.69 bits per heavy atom. The molecule has 1 aliphatic heterocycles. The van der Waals surface area contributed by atoms with Gasteiger partial charge in [-0.2, -0.15) is 0 Å². The van der Waals surface area contributed by atoms with E-state index in [0.717, 1.165) is 5.70 Å². The van der Waals surface area contributed by atoms with Gasteiger partial charge in [-0.1, -0.05) is 39.3 Å². The van der Waals surface area contributed by atoms with Gasteiger partial charge in [0.2, 0.25) is 0 Å². The summed E-state index contributed by atoms with van der Waals surface area (Å²) < 4.78 is 0. The van der Waals surface area contributed by atoms with Crippen LogP contribution in [0.3, 0.4) is 0 Å². The molecule has 0 aliphatic carbocycles. The Bertz CT molecular complexity index is 242.